The molecule has 0 aliphatic carbocycles. The zero-order valence-electron chi connectivity index (χ0n) is 34.5. The summed E-state index contributed by atoms with van der Waals surface area (Å²) >= 11 is 0. The molecular weight excluding hydrogens is 805 g/mol. The average Bonchev–Trinajstić information content (AvgIpc) is 3.17. The molecule has 2 aromatic rings. The monoisotopic (exact) mass is 860 g/mol. The van der Waals surface area contributed by atoms with Crippen molar-refractivity contribution in [3.05, 3.63) is 59.7 Å². The zero-order chi connectivity index (χ0) is 44.9. The Balaban J connectivity index is 0.000000234. The Hall–Kier alpha value is -5.56. The Labute approximate surface area is 351 Å². The molecule has 4 aliphatic heterocycles. The molecule has 19 heteroatoms. The predicted molar refractivity (Wildman–Crippen MR) is 216 cm³/mol. The average molecular weight is 861 g/mol. The number of alkyl halides is 3. The van der Waals surface area contributed by atoms with E-state index in [2.05, 4.69) is 50.4 Å². The summed E-state index contributed by atoms with van der Waals surface area (Å²) in [6.45, 7) is 9.46. The second kappa shape index (κ2) is 21.8. The number of carbonyl (C=O) groups is 7. The molecule has 4 heterocycles. The van der Waals surface area contributed by atoms with Crippen LogP contribution < -0.4 is 21.3 Å². The third kappa shape index (κ3) is 16.4. The number of rotatable bonds is 10. The lowest BCUT2D eigenvalue weighted by molar-refractivity contribution is -0.192. The number of carboxylic acid groups (broad SMARTS) is 2. The van der Waals surface area contributed by atoms with Gasteiger partial charge in [-0.05, 0) is 133 Å². The summed E-state index contributed by atoms with van der Waals surface area (Å²) in [5, 5.41) is 27.1. The van der Waals surface area contributed by atoms with E-state index in [4.69, 9.17) is 19.7 Å². The van der Waals surface area contributed by atoms with Crippen molar-refractivity contribution in [1.29, 1.82) is 0 Å². The van der Waals surface area contributed by atoms with E-state index in [1.54, 1.807) is 0 Å². The van der Waals surface area contributed by atoms with E-state index >= 15 is 0 Å². The number of benzene rings is 2. The molecule has 0 radical (unpaired) electrons. The molecule has 1 unspecified atom stereocenters. The van der Waals surface area contributed by atoms with Crippen LogP contribution in [-0.2, 0) is 38.3 Å². The van der Waals surface area contributed by atoms with Crippen LogP contribution in [0.25, 0.3) is 0 Å². The van der Waals surface area contributed by atoms with Crippen molar-refractivity contribution < 1.29 is 61.7 Å². The molecular formula is C42H55F3N6O10. The minimum atomic E-state index is -5.08. The number of hydrogen-bond acceptors (Lipinski definition) is 12. The van der Waals surface area contributed by atoms with Gasteiger partial charge in [-0.1, -0.05) is 24.3 Å². The van der Waals surface area contributed by atoms with Crippen LogP contribution in [0, 0.1) is 0 Å². The van der Waals surface area contributed by atoms with Gasteiger partial charge in [-0.3, -0.25) is 49.2 Å². The molecule has 6 rings (SSSR count). The fourth-order valence-corrected chi connectivity index (χ4v) is 7.36. The SMILES string of the molecule is CC(C)(C)OC(=O)CN1CCC(c2ccc(NC3CCC(=O)NC3=O)cc2)CC1.O=C(O)C(F)(F)F.O=C(O)CN1CCC(c2ccc(N[C@@H]3CCC(=O)NC3=O)cc2)CC1. The Morgan fingerprint density at radius 2 is 1.02 bits per heavy atom. The molecule has 16 nitrogen and oxygen atoms in total. The van der Waals surface area contributed by atoms with E-state index in [1.165, 1.54) is 11.1 Å². The summed E-state index contributed by atoms with van der Waals surface area (Å²) in [6.07, 6.45) is 0.572. The van der Waals surface area contributed by atoms with Gasteiger partial charge in [0.05, 0.1) is 13.1 Å². The maximum atomic E-state index is 12.0. The smallest absolute Gasteiger partial charge is 0.480 e. The number of nitrogens with one attached hydrogen (secondary N) is 4. The van der Waals surface area contributed by atoms with Gasteiger partial charge >= 0.3 is 24.1 Å². The molecule has 0 bridgehead atoms. The Bertz CT molecular complexity index is 1850. The van der Waals surface area contributed by atoms with Gasteiger partial charge in [-0.25, -0.2) is 4.79 Å². The second-order valence-electron chi connectivity index (χ2n) is 16.4. The molecule has 4 fully saturated rings. The first-order valence-corrected chi connectivity index (χ1v) is 20.2. The van der Waals surface area contributed by atoms with Crippen molar-refractivity contribution in [1.82, 2.24) is 20.4 Å². The molecule has 0 aromatic heterocycles. The van der Waals surface area contributed by atoms with Crippen LogP contribution >= 0.6 is 0 Å². The quantitative estimate of drug-likeness (QED) is 0.145. The normalized spacial score (nSPS) is 20.8. The van der Waals surface area contributed by atoms with E-state index in [1.807, 2.05) is 49.9 Å². The first-order chi connectivity index (χ1) is 28.6. The van der Waals surface area contributed by atoms with Crippen molar-refractivity contribution in [2.45, 2.75) is 108 Å². The van der Waals surface area contributed by atoms with Crippen molar-refractivity contribution >= 4 is 52.9 Å². The van der Waals surface area contributed by atoms with Gasteiger partial charge in [0.15, 0.2) is 0 Å². The number of piperidine rings is 4. The molecule has 4 amide bonds. The van der Waals surface area contributed by atoms with Crippen LogP contribution in [0.5, 0.6) is 0 Å². The number of ether oxygens (including phenoxy) is 1. The lowest BCUT2D eigenvalue weighted by atomic mass is 9.89. The third-order valence-corrected chi connectivity index (χ3v) is 10.5. The summed E-state index contributed by atoms with van der Waals surface area (Å²) in [4.78, 5) is 81.9. The van der Waals surface area contributed by atoms with E-state index in [0.29, 0.717) is 44.1 Å². The molecule has 4 aliphatic rings. The highest BCUT2D eigenvalue weighted by atomic mass is 19.4. The number of halogens is 3. The summed E-state index contributed by atoms with van der Waals surface area (Å²) in [5.74, 6) is -3.75. The number of esters is 1. The maximum absolute atomic E-state index is 12.0. The van der Waals surface area contributed by atoms with Gasteiger partial charge in [0, 0.05) is 24.2 Å². The topological polar surface area (TPSA) is 224 Å². The lowest BCUT2D eigenvalue weighted by Crippen LogP contribution is -2.47. The van der Waals surface area contributed by atoms with Gasteiger partial charge in [0.1, 0.15) is 17.7 Å². The van der Waals surface area contributed by atoms with Crippen LogP contribution in [0.15, 0.2) is 48.5 Å². The molecule has 0 spiro atoms. The summed E-state index contributed by atoms with van der Waals surface area (Å²) in [7, 11) is 0. The van der Waals surface area contributed by atoms with Crippen LogP contribution in [0.1, 0.15) is 95.1 Å². The van der Waals surface area contributed by atoms with Gasteiger partial charge in [0.2, 0.25) is 23.6 Å². The Morgan fingerprint density at radius 1 is 0.656 bits per heavy atom. The first-order valence-electron chi connectivity index (χ1n) is 20.2. The molecule has 4 saturated heterocycles. The lowest BCUT2D eigenvalue weighted by Gasteiger charge is -2.32. The molecule has 0 saturated carbocycles. The summed E-state index contributed by atoms with van der Waals surface area (Å²) in [6, 6.07) is 15.5. The number of carboxylic acids is 2. The van der Waals surface area contributed by atoms with Gasteiger partial charge < -0.3 is 25.6 Å². The van der Waals surface area contributed by atoms with E-state index < -0.39 is 23.7 Å². The van der Waals surface area contributed by atoms with Crippen LogP contribution in [0.3, 0.4) is 0 Å². The zero-order valence-corrected chi connectivity index (χ0v) is 34.5. The molecule has 2 atom stereocenters. The number of amides is 4. The highest BCUT2D eigenvalue weighted by molar-refractivity contribution is 6.02. The number of likely N-dealkylation sites (tertiary alicyclic amines) is 2. The minimum absolute atomic E-state index is 0.113. The van der Waals surface area contributed by atoms with E-state index in [0.717, 1.165) is 63.2 Å². The number of hydrogen-bond donors (Lipinski definition) is 6. The second-order valence-corrected chi connectivity index (χ2v) is 16.4. The molecule has 6 N–H and O–H groups in total. The number of carbonyl (C=O) groups excluding carboxylic acids is 5. The summed E-state index contributed by atoms with van der Waals surface area (Å²) < 4.78 is 37.1. The van der Waals surface area contributed by atoms with Crippen molar-refractivity contribution in [2.24, 2.45) is 0 Å². The number of imide groups is 2. The minimum Gasteiger partial charge on any atom is -0.480 e. The van der Waals surface area contributed by atoms with Gasteiger partial charge in [0.25, 0.3) is 0 Å². The number of anilines is 2. The van der Waals surface area contributed by atoms with E-state index in [9.17, 15) is 41.9 Å². The van der Waals surface area contributed by atoms with Crippen molar-refractivity contribution in [3.8, 4) is 0 Å². The fourth-order valence-electron chi connectivity index (χ4n) is 7.36. The first kappa shape index (κ1) is 48.1. The fraction of sp³-hybridized carbons (Fsp3) is 0.548. The number of aliphatic carboxylic acids is 2. The van der Waals surface area contributed by atoms with Crippen LogP contribution in [0.4, 0.5) is 24.5 Å². The standard InChI is InChI=1S/C22H31N3O4.C18H23N3O4.C2HF3O2/c1-22(2,3)29-20(27)14-25-12-10-16(11-13-25)15-4-6-17(7-5-15)23-18-8-9-19(26)24-21(18)28;22-16-6-5-15(18(25)20-16)19-14-3-1-12(2-4-14)13-7-9-21(10-8-13)11-17(23)24;3-2(4,5)1(6)7/h4-7,16,18,23H,8-14H2,1-3H3,(H,24,26,28);1-4,13,15,19H,5-11H2,(H,23,24)(H,20,22,25);(H,6,7)/t;15-;/m.1./s1. The van der Waals surface area contributed by atoms with Crippen molar-refractivity contribution in [3.63, 3.8) is 0 Å². The highest BCUT2D eigenvalue weighted by Crippen LogP contribution is 2.30. The molecule has 2 aromatic carbocycles. The van der Waals surface area contributed by atoms with Crippen LogP contribution in [-0.4, -0.2) is 125 Å². The largest absolute Gasteiger partial charge is 0.490 e. The number of nitrogens with zero attached hydrogens (tertiary/aromatic N) is 2. The van der Waals surface area contributed by atoms with E-state index in [-0.39, 0.29) is 48.2 Å². The predicted octanol–water partition coefficient (Wildman–Crippen LogP) is 4.23. The van der Waals surface area contributed by atoms with Gasteiger partial charge in [-0.2, -0.15) is 13.2 Å². The van der Waals surface area contributed by atoms with Gasteiger partial charge in [-0.15, -0.1) is 0 Å². The highest BCUT2D eigenvalue weighted by Gasteiger charge is 2.38. The summed E-state index contributed by atoms with van der Waals surface area (Å²) in [5.41, 5.74) is 3.81. The molecule has 61 heavy (non-hydrogen) atoms. The van der Waals surface area contributed by atoms with Crippen molar-refractivity contribution in [2.75, 3.05) is 49.9 Å². The third-order valence-electron chi connectivity index (χ3n) is 10.5. The maximum Gasteiger partial charge on any atom is 0.490 e. The molecule has 334 valence electrons. The van der Waals surface area contributed by atoms with Crippen LogP contribution in [0.2, 0.25) is 0 Å². The Kier molecular flexibility index (Phi) is 17.2. The Morgan fingerprint density at radius 3 is 1.33 bits per heavy atom.